The molecule has 0 aromatic rings. The number of hydrogen-bond acceptors (Lipinski definition) is 3. The van der Waals surface area contributed by atoms with Gasteiger partial charge in [-0.25, -0.2) is 9.24 Å². The Morgan fingerprint density at radius 3 is 1.52 bits per heavy atom. The van der Waals surface area contributed by atoms with E-state index >= 15 is 0 Å². The molecule has 0 amide bonds. The van der Waals surface area contributed by atoms with Crippen molar-refractivity contribution in [2.45, 2.75) is 91.9 Å². The van der Waals surface area contributed by atoms with E-state index in [1.165, 1.54) is 57.8 Å². The van der Waals surface area contributed by atoms with E-state index in [0.717, 1.165) is 13.0 Å². The fourth-order valence-corrected chi connectivity index (χ4v) is 4.55. The first-order valence-corrected chi connectivity index (χ1v) is 11.3. The molecule has 0 rings (SSSR count). The molecule has 0 N–H and O–H groups in total. The molecule has 0 atom stereocenters. The summed E-state index contributed by atoms with van der Waals surface area (Å²) >= 11 is 0. The Morgan fingerprint density at radius 1 is 0.696 bits per heavy atom. The van der Waals surface area contributed by atoms with Gasteiger partial charge in [0.15, 0.2) is 0 Å². The highest BCUT2D eigenvalue weighted by Crippen LogP contribution is 2.51. The molecule has 0 unspecified atom stereocenters. The highest BCUT2D eigenvalue weighted by atomic mass is 31.2. The average Bonchev–Trinajstić information content (AvgIpc) is 2.53. The molecule has 0 saturated heterocycles. The highest BCUT2D eigenvalue weighted by Gasteiger charge is 2.31. The van der Waals surface area contributed by atoms with Crippen molar-refractivity contribution in [2.24, 2.45) is 0 Å². The molecule has 0 radical (unpaired) electrons. The lowest BCUT2D eigenvalue weighted by atomic mass is 10.1. The Labute approximate surface area is 144 Å². The second-order valence-corrected chi connectivity index (χ2v) is 8.05. The van der Waals surface area contributed by atoms with Gasteiger partial charge >= 0.3 is 7.75 Å². The molecule has 0 aliphatic rings. The maximum Gasteiger partial charge on any atom is 0.408 e. The van der Waals surface area contributed by atoms with Crippen LogP contribution in [-0.2, 0) is 13.6 Å². The fraction of sp³-hybridized carbons (Fsp3) is 1.00. The average molecular weight is 349 g/mol. The van der Waals surface area contributed by atoms with Crippen LogP contribution in [-0.4, -0.2) is 31.0 Å². The van der Waals surface area contributed by atoms with Gasteiger partial charge in [0.25, 0.3) is 0 Å². The van der Waals surface area contributed by atoms with Gasteiger partial charge in [-0.3, -0.25) is 9.05 Å². The van der Waals surface area contributed by atoms with Gasteiger partial charge in [-0.15, -0.1) is 0 Å². The van der Waals surface area contributed by atoms with Crippen LogP contribution in [0.5, 0.6) is 0 Å². The second kappa shape index (κ2) is 15.6. The summed E-state index contributed by atoms with van der Waals surface area (Å²) in [5.74, 6) is 0. The van der Waals surface area contributed by atoms with Crippen LogP contribution < -0.4 is 0 Å². The van der Waals surface area contributed by atoms with Crippen LogP contribution in [0.25, 0.3) is 0 Å². The van der Waals surface area contributed by atoms with Gasteiger partial charge in [0, 0.05) is 13.1 Å². The summed E-state index contributed by atoms with van der Waals surface area (Å²) in [4.78, 5) is 0. The zero-order chi connectivity index (χ0) is 17.4. The fourth-order valence-electron chi connectivity index (χ4n) is 2.76. The minimum Gasteiger partial charge on any atom is -0.297 e. The third-order valence-electron chi connectivity index (χ3n) is 4.07. The van der Waals surface area contributed by atoms with Crippen LogP contribution >= 0.6 is 7.75 Å². The van der Waals surface area contributed by atoms with Crippen LogP contribution in [0.15, 0.2) is 0 Å². The van der Waals surface area contributed by atoms with Crippen molar-refractivity contribution >= 4 is 7.75 Å². The van der Waals surface area contributed by atoms with Crippen molar-refractivity contribution < 1.29 is 13.6 Å². The van der Waals surface area contributed by atoms with Crippen molar-refractivity contribution in [2.75, 3.05) is 26.3 Å². The highest BCUT2D eigenvalue weighted by molar-refractivity contribution is 7.51. The van der Waals surface area contributed by atoms with E-state index in [-0.39, 0.29) is 0 Å². The summed E-state index contributed by atoms with van der Waals surface area (Å²) in [5.41, 5.74) is 0. The number of nitrogens with zero attached hydrogens (tertiary/aromatic N) is 1. The Kier molecular flexibility index (Phi) is 15.7. The third kappa shape index (κ3) is 11.3. The molecule has 140 valence electrons. The quantitative estimate of drug-likeness (QED) is 0.225. The maximum atomic E-state index is 12.7. The molecule has 0 bridgehead atoms. The van der Waals surface area contributed by atoms with Gasteiger partial charge in [-0.1, -0.05) is 71.6 Å². The van der Waals surface area contributed by atoms with Gasteiger partial charge in [0.05, 0.1) is 13.2 Å². The molecule has 0 saturated carbocycles. The van der Waals surface area contributed by atoms with Gasteiger partial charge < -0.3 is 0 Å². The van der Waals surface area contributed by atoms with Crippen LogP contribution in [0.3, 0.4) is 0 Å². The first-order valence-electron chi connectivity index (χ1n) is 9.79. The normalized spacial score (nSPS) is 12.2. The molecule has 5 heteroatoms. The third-order valence-corrected chi connectivity index (χ3v) is 6.41. The Morgan fingerprint density at radius 2 is 1.13 bits per heavy atom. The van der Waals surface area contributed by atoms with Crippen LogP contribution in [0.4, 0.5) is 0 Å². The van der Waals surface area contributed by atoms with Crippen molar-refractivity contribution in [3.05, 3.63) is 0 Å². The summed E-state index contributed by atoms with van der Waals surface area (Å²) in [5, 5.41) is 0. The first-order chi connectivity index (χ1) is 11.1. The summed E-state index contributed by atoms with van der Waals surface area (Å²) in [6.45, 7) is 10.3. The van der Waals surface area contributed by atoms with Crippen LogP contribution in [0, 0.1) is 0 Å². The Hall–Kier alpha value is 0.110. The zero-order valence-corrected chi connectivity index (χ0v) is 16.9. The van der Waals surface area contributed by atoms with E-state index in [9.17, 15) is 4.57 Å². The Bertz CT molecular complexity index is 290. The van der Waals surface area contributed by atoms with Crippen LogP contribution in [0.1, 0.15) is 91.9 Å². The molecule has 0 heterocycles. The van der Waals surface area contributed by atoms with Gasteiger partial charge in [-0.05, 0) is 20.3 Å². The number of rotatable bonds is 17. The standard InChI is InChI=1S/C18H40NO3P/c1-5-9-10-11-12-13-14-15-16-17-18-19(6-2)23(20,21-7-3)22-8-4/h5-18H2,1-4H3. The van der Waals surface area contributed by atoms with Crippen molar-refractivity contribution in [1.82, 2.24) is 4.67 Å². The van der Waals surface area contributed by atoms with E-state index in [2.05, 4.69) is 6.92 Å². The van der Waals surface area contributed by atoms with E-state index in [1.807, 2.05) is 25.4 Å². The van der Waals surface area contributed by atoms with Crippen molar-refractivity contribution in [3.8, 4) is 0 Å². The topological polar surface area (TPSA) is 38.8 Å². The molecule has 0 aliphatic heterocycles. The van der Waals surface area contributed by atoms with Gasteiger partial charge in [-0.2, -0.15) is 0 Å². The summed E-state index contributed by atoms with van der Waals surface area (Å²) in [6.07, 6.45) is 13.1. The number of unbranched alkanes of at least 4 members (excludes halogenated alkanes) is 9. The number of hydrogen-bond donors (Lipinski definition) is 0. The molecule has 0 fully saturated rings. The SMILES string of the molecule is CCCCCCCCCCCCN(CC)P(=O)(OCC)OCC. The molecule has 4 nitrogen and oxygen atoms in total. The predicted octanol–water partition coefficient (Wildman–Crippen LogP) is 6.41. The summed E-state index contributed by atoms with van der Waals surface area (Å²) < 4.78 is 25.4. The largest absolute Gasteiger partial charge is 0.408 e. The Balaban J connectivity index is 3.80. The first kappa shape index (κ1) is 23.1. The molecule has 0 spiro atoms. The van der Waals surface area contributed by atoms with E-state index < -0.39 is 7.75 Å². The minimum atomic E-state index is -3.07. The lowest BCUT2D eigenvalue weighted by molar-refractivity contribution is 0.168. The molecular weight excluding hydrogens is 309 g/mol. The van der Waals surface area contributed by atoms with E-state index in [0.29, 0.717) is 19.8 Å². The molecule has 23 heavy (non-hydrogen) atoms. The summed E-state index contributed by atoms with van der Waals surface area (Å²) in [6, 6.07) is 0. The van der Waals surface area contributed by atoms with Crippen molar-refractivity contribution in [1.29, 1.82) is 0 Å². The summed E-state index contributed by atoms with van der Waals surface area (Å²) in [7, 11) is -3.07. The maximum absolute atomic E-state index is 12.7. The molecular formula is C18H40NO3P. The lowest BCUT2D eigenvalue weighted by Gasteiger charge is -2.28. The van der Waals surface area contributed by atoms with Gasteiger partial charge in [0.2, 0.25) is 0 Å². The lowest BCUT2D eigenvalue weighted by Crippen LogP contribution is -2.24. The predicted molar refractivity (Wildman–Crippen MR) is 99.9 cm³/mol. The molecule has 0 aliphatic carbocycles. The molecule has 0 aromatic heterocycles. The minimum absolute atomic E-state index is 0.422. The van der Waals surface area contributed by atoms with Crippen molar-refractivity contribution in [3.63, 3.8) is 0 Å². The molecule has 0 aromatic carbocycles. The van der Waals surface area contributed by atoms with Crippen LogP contribution in [0.2, 0.25) is 0 Å². The van der Waals surface area contributed by atoms with E-state index in [1.54, 1.807) is 0 Å². The smallest absolute Gasteiger partial charge is 0.297 e. The second-order valence-electron chi connectivity index (χ2n) is 6.03. The van der Waals surface area contributed by atoms with Gasteiger partial charge in [0.1, 0.15) is 0 Å². The monoisotopic (exact) mass is 349 g/mol. The van der Waals surface area contributed by atoms with E-state index in [4.69, 9.17) is 9.05 Å². The zero-order valence-electron chi connectivity index (χ0n) is 16.0.